The van der Waals surface area contributed by atoms with Gasteiger partial charge in [-0.2, -0.15) is 5.26 Å². The lowest BCUT2D eigenvalue weighted by atomic mass is 10.2. The molecule has 3 heteroatoms. The van der Waals surface area contributed by atoms with E-state index in [2.05, 4.69) is 16.8 Å². The fourth-order valence-electron chi connectivity index (χ4n) is 0.743. The summed E-state index contributed by atoms with van der Waals surface area (Å²) in [6.45, 7) is -0.0604. The molecule has 12 heavy (non-hydrogen) atoms. The van der Waals surface area contributed by atoms with E-state index in [4.69, 9.17) is 10.4 Å². The largest absolute Gasteiger partial charge is 0.392 e. The molecule has 1 aromatic rings. The molecule has 0 saturated heterocycles. The number of rotatable bonds is 1. The molecule has 0 radical (unpaired) electrons. The molecule has 0 saturated carbocycles. The maximum atomic E-state index is 8.73. The van der Waals surface area contributed by atoms with Crippen LogP contribution < -0.4 is 0 Å². The molecule has 0 unspecified atom stereocenters. The third-order valence-corrected chi connectivity index (χ3v) is 1.24. The maximum Gasteiger partial charge on any atom is 0.152 e. The summed E-state index contributed by atoms with van der Waals surface area (Å²) >= 11 is 0. The number of hydrogen-bond donors (Lipinski definition) is 1. The SMILES string of the molecule is N#CC#Cc1cncc(CO)c1. The van der Waals surface area contributed by atoms with E-state index >= 15 is 0 Å². The van der Waals surface area contributed by atoms with E-state index in [0.717, 1.165) is 0 Å². The lowest BCUT2D eigenvalue weighted by Gasteiger charge is -1.93. The zero-order chi connectivity index (χ0) is 8.81. The molecule has 0 aromatic carbocycles. The van der Waals surface area contributed by atoms with E-state index in [9.17, 15) is 0 Å². The van der Waals surface area contributed by atoms with Crippen LogP contribution in [0.1, 0.15) is 11.1 Å². The molecule has 1 aromatic heterocycles. The first kappa shape index (κ1) is 8.26. The summed E-state index contributed by atoms with van der Waals surface area (Å²) in [7, 11) is 0. The molecule has 0 spiro atoms. The van der Waals surface area contributed by atoms with Crippen LogP contribution in [0.15, 0.2) is 18.5 Å². The van der Waals surface area contributed by atoms with Gasteiger partial charge in [-0.15, -0.1) is 0 Å². The van der Waals surface area contributed by atoms with E-state index in [0.29, 0.717) is 11.1 Å². The average molecular weight is 158 g/mol. The summed E-state index contributed by atoms with van der Waals surface area (Å²) in [6.07, 6.45) is 3.10. The highest BCUT2D eigenvalue weighted by Crippen LogP contribution is 2.00. The Morgan fingerprint density at radius 2 is 2.33 bits per heavy atom. The Morgan fingerprint density at radius 3 is 3.00 bits per heavy atom. The average Bonchev–Trinajstić information content (AvgIpc) is 2.15. The summed E-state index contributed by atoms with van der Waals surface area (Å²) < 4.78 is 0. The Labute approximate surface area is 70.3 Å². The Morgan fingerprint density at radius 1 is 1.50 bits per heavy atom. The van der Waals surface area contributed by atoms with Crippen LogP contribution >= 0.6 is 0 Å². The number of aromatic nitrogens is 1. The van der Waals surface area contributed by atoms with Crippen molar-refractivity contribution in [3.05, 3.63) is 29.6 Å². The third kappa shape index (κ3) is 2.09. The standard InChI is InChI=1S/C9H6N2O/c10-3-1-2-8-4-9(7-12)6-11-5-8/h4-6,12H,7H2. The molecule has 0 amide bonds. The van der Waals surface area contributed by atoms with Crippen LogP contribution in [-0.2, 0) is 6.61 Å². The molecule has 1 rings (SSSR count). The normalized spacial score (nSPS) is 8.00. The van der Waals surface area contributed by atoms with Crippen LogP contribution in [0.3, 0.4) is 0 Å². The summed E-state index contributed by atoms with van der Waals surface area (Å²) in [5, 5.41) is 16.9. The van der Waals surface area contributed by atoms with Gasteiger partial charge in [0, 0.05) is 23.9 Å². The van der Waals surface area contributed by atoms with E-state index in [1.807, 2.05) is 0 Å². The highest BCUT2D eigenvalue weighted by atomic mass is 16.3. The molecule has 0 atom stereocenters. The Kier molecular flexibility index (Phi) is 2.84. The van der Waals surface area contributed by atoms with Gasteiger partial charge in [0.15, 0.2) is 6.07 Å². The third-order valence-electron chi connectivity index (χ3n) is 1.24. The van der Waals surface area contributed by atoms with Crippen molar-refractivity contribution in [2.45, 2.75) is 6.61 Å². The second kappa shape index (κ2) is 4.12. The van der Waals surface area contributed by atoms with Crippen LogP contribution in [0.5, 0.6) is 0 Å². The number of aliphatic hydroxyl groups excluding tert-OH is 1. The zero-order valence-electron chi connectivity index (χ0n) is 6.28. The molecule has 0 aliphatic rings. The van der Waals surface area contributed by atoms with Gasteiger partial charge in [-0.25, -0.2) is 0 Å². The van der Waals surface area contributed by atoms with Crippen LogP contribution in [-0.4, -0.2) is 10.1 Å². The molecule has 1 N–H and O–H groups in total. The number of pyridine rings is 1. The van der Waals surface area contributed by atoms with Gasteiger partial charge in [0.1, 0.15) is 0 Å². The quantitative estimate of drug-likeness (QED) is 0.603. The molecule has 58 valence electrons. The molecular weight excluding hydrogens is 152 g/mol. The molecule has 0 fully saturated rings. The lowest BCUT2D eigenvalue weighted by Crippen LogP contribution is -1.86. The smallest absolute Gasteiger partial charge is 0.152 e. The van der Waals surface area contributed by atoms with E-state index < -0.39 is 0 Å². The lowest BCUT2D eigenvalue weighted by molar-refractivity contribution is 0.281. The van der Waals surface area contributed by atoms with Gasteiger partial charge < -0.3 is 5.11 Å². The molecular formula is C9H6N2O. The maximum absolute atomic E-state index is 8.73. The van der Waals surface area contributed by atoms with E-state index in [1.165, 1.54) is 0 Å². The monoisotopic (exact) mass is 158 g/mol. The second-order valence-electron chi connectivity index (χ2n) is 2.10. The first-order valence-electron chi connectivity index (χ1n) is 3.31. The van der Waals surface area contributed by atoms with Gasteiger partial charge in [0.2, 0.25) is 0 Å². The van der Waals surface area contributed by atoms with Crippen LogP contribution in [0.2, 0.25) is 0 Å². The van der Waals surface area contributed by atoms with Crippen molar-refractivity contribution >= 4 is 0 Å². The van der Waals surface area contributed by atoms with Crippen molar-refractivity contribution < 1.29 is 5.11 Å². The van der Waals surface area contributed by atoms with Crippen molar-refractivity contribution in [1.82, 2.24) is 4.98 Å². The highest BCUT2D eigenvalue weighted by Gasteiger charge is 1.91. The van der Waals surface area contributed by atoms with Gasteiger partial charge in [-0.3, -0.25) is 4.98 Å². The van der Waals surface area contributed by atoms with E-state index in [1.54, 1.807) is 24.5 Å². The molecule has 0 aliphatic carbocycles. The topological polar surface area (TPSA) is 56.9 Å². The van der Waals surface area contributed by atoms with Crippen molar-refractivity contribution in [3.8, 4) is 17.9 Å². The summed E-state index contributed by atoms with van der Waals surface area (Å²) in [5.41, 5.74) is 1.34. The summed E-state index contributed by atoms with van der Waals surface area (Å²) in [4.78, 5) is 3.84. The number of hydrogen-bond acceptors (Lipinski definition) is 3. The predicted molar refractivity (Wildman–Crippen MR) is 42.7 cm³/mol. The minimum Gasteiger partial charge on any atom is -0.392 e. The first-order chi connectivity index (χ1) is 5.86. The van der Waals surface area contributed by atoms with Crippen LogP contribution in [0.25, 0.3) is 0 Å². The van der Waals surface area contributed by atoms with Crippen molar-refractivity contribution in [2.24, 2.45) is 0 Å². The summed E-state index contributed by atoms with van der Waals surface area (Å²) in [5.74, 6) is 4.83. The Bertz CT molecular complexity index is 368. The fraction of sp³-hybridized carbons (Fsp3) is 0.111. The molecule has 1 heterocycles. The minimum absolute atomic E-state index is 0.0604. The zero-order valence-corrected chi connectivity index (χ0v) is 6.28. The minimum atomic E-state index is -0.0604. The fourth-order valence-corrected chi connectivity index (χ4v) is 0.743. The van der Waals surface area contributed by atoms with Crippen LogP contribution in [0.4, 0.5) is 0 Å². The van der Waals surface area contributed by atoms with Gasteiger partial charge in [-0.1, -0.05) is 0 Å². The van der Waals surface area contributed by atoms with Gasteiger partial charge in [-0.05, 0) is 17.6 Å². The van der Waals surface area contributed by atoms with E-state index in [-0.39, 0.29) is 6.61 Å². The molecule has 0 aliphatic heterocycles. The number of aliphatic hydroxyl groups is 1. The second-order valence-corrected chi connectivity index (χ2v) is 2.10. The van der Waals surface area contributed by atoms with Gasteiger partial charge >= 0.3 is 0 Å². The van der Waals surface area contributed by atoms with Gasteiger partial charge in [0.25, 0.3) is 0 Å². The number of nitrogens with zero attached hydrogens (tertiary/aromatic N) is 2. The predicted octanol–water partition coefficient (Wildman–Crippen LogP) is 0.449. The number of nitriles is 1. The molecule has 0 bridgehead atoms. The molecule has 3 nitrogen and oxygen atoms in total. The van der Waals surface area contributed by atoms with Crippen LogP contribution in [0, 0.1) is 23.2 Å². The highest BCUT2D eigenvalue weighted by molar-refractivity contribution is 5.37. The van der Waals surface area contributed by atoms with Crippen molar-refractivity contribution in [2.75, 3.05) is 0 Å². The van der Waals surface area contributed by atoms with Crippen molar-refractivity contribution in [1.29, 1.82) is 5.26 Å². The first-order valence-corrected chi connectivity index (χ1v) is 3.31. The Hall–Kier alpha value is -1.84. The van der Waals surface area contributed by atoms with Gasteiger partial charge in [0.05, 0.1) is 6.61 Å². The summed E-state index contributed by atoms with van der Waals surface area (Å²) in [6, 6.07) is 3.39. The van der Waals surface area contributed by atoms with Crippen molar-refractivity contribution in [3.63, 3.8) is 0 Å². The Balaban J connectivity index is 2.96.